The second kappa shape index (κ2) is 4.99. The van der Waals surface area contributed by atoms with Gasteiger partial charge in [-0.2, -0.15) is 0 Å². The highest BCUT2D eigenvalue weighted by molar-refractivity contribution is 5.86. The van der Waals surface area contributed by atoms with E-state index in [9.17, 15) is 18.0 Å². The summed E-state index contributed by atoms with van der Waals surface area (Å²) in [6.45, 7) is 0.672. The number of carbonyl (C=O) groups excluding carboxylic acids is 1. The quantitative estimate of drug-likeness (QED) is 0.919. The van der Waals surface area contributed by atoms with Gasteiger partial charge in [0.2, 0.25) is 5.91 Å². The Morgan fingerprint density at radius 3 is 2.42 bits per heavy atom. The Balaban J connectivity index is 1.97. The molecule has 1 N–H and O–H groups in total. The van der Waals surface area contributed by atoms with Crippen LogP contribution in [0, 0.1) is 0 Å². The maximum atomic E-state index is 12.0. The molecule has 1 heterocycles. The third-order valence-electron chi connectivity index (χ3n) is 2.86. The molecule has 0 bridgehead atoms. The molecular weight excluding hydrogens is 261 g/mol. The third-order valence-corrected chi connectivity index (χ3v) is 2.86. The minimum atomic E-state index is -4.70. The number of alkyl halides is 3. The Morgan fingerprint density at radius 2 is 1.95 bits per heavy atom. The molecule has 7 heteroatoms. The molecule has 1 unspecified atom stereocenters. The molecule has 1 aromatic rings. The molecule has 0 saturated carbocycles. The normalized spacial score (nSPS) is 19.7. The van der Waals surface area contributed by atoms with Crippen LogP contribution >= 0.6 is 0 Å². The molecule has 1 aliphatic heterocycles. The van der Waals surface area contributed by atoms with Crippen molar-refractivity contribution >= 4 is 11.6 Å². The molecule has 2 rings (SSSR count). The summed E-state index contributed by atoms with van der Waals surface area (Å²) in [5.74, 6) is -0.302. The topological polar surface area (TPSA) is 41.6 Å². The van der Waals surface area contributed by atoms with Gasteiger partial charge in [0.05, 0.1) is 0 Å². The van der Waals surface area contributed by atoms with Gasteiger partial charge in [0, 0.05) is 19.3 Å². The van der Waals surface area contributed by atoms with Gasteiger partial charge in [0.1, 0.15) is 11.8 Å². The molecular formula is C12H13F3N2O2. The average molecular weight is 274 g/mol. The van der Waals surface area contributed by atoms with Crippen molar-refractivity contribution in [1.29, 1.82) is 0 Å². The second-order valence-corrected chi connectivity index (χ2v) is 4.32. The number of amides is 1. The van der Waals surface area contributed by atoms with E-state index in [4.69, 9.17) is 0 Å². The summed E-state index contributed by atoms with van der Waals surface area (Å²) in [6, 6.07) is 5.00. The van der Waals surface area contributed by atoms with Crippen LogP contribution in [0.4, 0.5) is 18.9 Å². The van der Waals surface area contributed by atoms with Crippen molar-refractivity contribution in [3.8, 4) is 5.75 Å². The van der Waals surface area contributed by atoms with E-state index in [1.54, 1.807) is 11.9 Å². The maximum absolute atomic E-state index is 12.0. The highest BCUT2D eigenvalue weighted by atomic mass is 19.4. The number of likely N-dealkylation sites (N-methyl/N-ethyl adjacent to an activating group) is 1. The van der Waals surface area contributed by atoms with Gasteiger partial charge in [-0.15, -0.1) is 13.2 Å². The lowest BCUT2D eigenvalue weighted by molar-refractivity contribution is -0.274. The smallest absolute Gasteiger partial charge is 0.406 e. The van der Waals surface area contributed by atoms with Crippen LogP contribution < -0.4 is 10.1 Å². The first-order chi connectivity index (χ1) is 8.85. The Labute approximate surface area is 108 Å². The molecule has 19 heavy (non-hydrogen) atoms. The second-order valence-electron chi connectivity index (χ2n) is 4.32. The predicted octanol–water partition coefficient (Wildman–Crippen LogP) is 2.23. The van der Waals surface area contributed by atoms with Crippen molar-refractivity contribution in [2.45, 2.75) is 18.8 Å². The van der Waals surface area contributed by atoms with Crippen molar-refractivity contribution in [1.82, 2.24) is 4.90 Å². The van der Waals surface area contributed by atoms with Crippen LogP contribution in [0.25, 0.3) is 0 Å². The zero-order valence-electron chi connectivity index (χ0n) is 10.2. The molecule has 1 fully saturated rings. The van der Waals surface area contributed by atoms with Crippen molar-refractivity contribution in [2.75, 3.05) is 18.9 Å². The van der Waals surface area contributed by atoms with Gasteiger partial charge in [0.25, 0.3) is 0 Å². The number of rotatable bonds is 3. The van der Waals surface area contributed by atoms with E-state index in [1.165, 1.54) is 24.3 Å². The Hall–Kier alpha value is -1.92. The zero-order chi connectivity index (χ0) is 14.0. The van der Waals surface area contributed by atoms with E-state index in [1.807, 2.05) is 0 Å². The van der Waals surface area contributed by atoms with Gasteiger partial charge in [-0.25, -0.2) is 0 Å². The summed E-state index contributed by atoms with van der Waals surface area (Å²) in [5, 5.41) is 2.98. The van der Waals surface area contributed by atoms with Crippen LogP contribution in [-0.2, 0) is 4.79 Å². The van der Waals surface area contributed by atoms with Gasteiger partial charge < -0.3 is 15.0 Å². The lowest BCUT2D eigenvalue weighted by Gasteiger charge is -2.14. The molecule has 1 atom stereocenters. The fraction of sp³-hybridized carbons (Fsp3) is 0.417. The van der Waals surface area contributed by atoms with Crippen LogP contribution in [0.15, 0.2) is 24.3 Å². The minimum Gasteiger partial charge on any atom is -0.406 e. The summed E-state index contributed by atoms with van der Waals surface area (Å²) in [5.41, 5.74) is 0.586. The molecule has 1 aliphatic rings. The lowest BCUT2D eigenvalue weighted by atomic mass is 10.2. The van der Waals surface area contributed by atoms with Crippen LogP contribution in [0.3, 0.4) is 0 Å². The number of halogens is 3. The van der Waals surface area contributed by atoms with Gasteiger partial charge >= 0.3 is 6.36 Å². The minimum absolute atomic E-state index is 0.0179. The van der Waals surface area contributed by atoms with Crippen molar-refractivity contribution in [3.05, 3.63) is 24.3 Å². The number of likely N-dealkylation sites (tertiary alicyclic amines) is 1. The summed E-state index contributed by atoms with van der Waals surface area (Å²) >= 11 is 0. The van der Waals surface area contributed by atoms with Crippen LogP contribution in [0.2, 0.25) is 0 Å². The third kappa shape index (κ3) is 3.52. The van der Waals surface area contributed by atoms with Crippen molar-refractivity contribution in [3.63, 3.8) is 0 Å². The highest BCUT2D eigenvalue weighted by Crippen LogP contribution is 2.24. The van der Waals surface area contributed by atoms with E-state index in [-0.39, 0.29) is 17.7 Å². The van der Waals surface area contributed by atoms with Crippen LogP contribution in [-0.4, -0.2) is 36.8 Å². The van der Waals surface area contributed by atoms with Crippen molar-refractivity contribution < 1.29 is 22.7 Å². The van der Waals surface area contributed by atoms with Crippen LogP contribution in [0.1, 0.15) is 6.42 Å². The van der Waals surface area contributed by atoms with Gasteiger partial charge in [-0.3, -0.25) is 4.79 Å². The number of hydrogen-bond acceptors (Lipinski definition) is 3. The number of nitrogens with one attached hydrogen (secondary N) is 1. The molecule has 4 nitrogen and oxygen atoms in total. The fourth-order valence-electron chi connectivity index (χ4n) is 1.91. The Bertz CT molecular complexity index is 459. The Kier molecular flexibility index (Phi) is 3.55. The summed E-state index contributed by atoms with van der Waals surface area (Å²) in [6.07, 6.45) is -4.02. The monoisotopic (exact) mass is 274 g/mol. The first-order valence-corrected chi connectivity index (χ1v) is 5.72. The largest absolute Gasteiger partial charge is 0.573 e. The molecule has 1 aromatic carbocycles. The first kappa shape index (κ1) is 13.5. The summed E-state index contributed by atoms with van der Waals surface area (Å²) in [7, 11) is 1.71. The van der Waals surface area contributed by atoms with Gasteiger partial charge in [0.15, 0.2) is 0 Å². The number of carbonyl (C=O) groups is 1. The molecule has 0 aliphatic carbocycles. The Morgan fingerprint density at radius 1 is 1.32 bits per heavy atom. The standard InChI is InChI=1S/C12H13F3N2O2/c1-17-7-6-10(11(17)18)16-8-2-4-9(5-3-8)19-12(13,14)15/h2-5,10,16H,6-7H2,1H3. The lowest BCUT2D eigenvalue weighted by Crippen LogP contribution is -2.30. The highest BCUT2D eigenvalue weighted by Gasteiger charge is 2.31. The van der Waals surface area contributed by atoms with E-state index < -0.39 is 6.36 Å². The van der Waals surface area contributed by atoms with E-state index in [2.05, 4.69) is 10.1 Å². The number of benzene rings is 1. The number of ether oxygens (including phenoxy) is 1. The van der Waals surface area contributed by atoms with Gasteiger partial charge in [-0.05, 0) is 30.7 Å². The van der Waals surface area contributed by atoms with Crippen LogP contribution in [0.5, 0.6) is 5.75 Å². The zero-order valence-corrected chi connectivity index (χ0v) is 10.2. The van der Waals surface area contributed by atoms with Crippen molar-refractivity contribution in [2.24, 2.45) is 0 Å². The maximum Gasteiger partial charge on any atom is 0.573 e. The summed E-state index contributed by atoms with van der Waals surface area (Å²) in [4.78, 5) is 13.3. The molecule has 1 saturated heterocycles. The number of anilines is 1. The SMILES string of the molecule is CN1CCC(Nc2ccc(OC(F)(F)F)cc2)C1=O. The van der Waals surface area contributed by atoms with E-state index in [0.717, 1.165) is 0 Å². The molecule has 0 radical (unpaired) electrons. The fourth-order valence-corrected chi connectivity index (χ4v) is 1.91. The molecule has 0 aromatic heterocycles. The predicted molar refractivity (Wildman–Crippen MR) is 62.8 cm³/mol. The van der Waals surface area contributed by atoms with E-state index >= 15 is 0 Å². The van der Waals surface area contributed by atoms with E-state index in [0.29, 0.717) is 18.7 Å². The number of nitrogens with zero attached hydrogens (tertiary/aromatic N) is 1. The average Bonchev–Trinajstić information content (AvgIpc) is 2.62. The first-order valence-electron chi connectivity index (χ1n) is 5.72. The molecule has 1 amide bonds. The number of hydrogen-bond donors (Lipinski definition) is 1. The van der Waals surface area contributed by atoms with Gasteiger partial charge in [-0.1, -0.05) is 0 Å². The summed E-state index contributed by atoms with van der Waals surface area (Å²) < 4.78 is 39.7. The molecule has 0 spiro atoms. The molecule has 104 valence electrons.